The van der Waals surface area contributed by atoms with Gasteiger partial charge in [0.15, 0.2) is 0 Å². The molecule has 0 fully saturated rings. The molecule has 8 nitrogen and oxygen atoms in total. The summed E-state index contributed by atoms with van der Waals surface area (Å²) in [5.74, 6) is -0.744. The number of rotatable bonds is 6. The van der Waals surface area contributed by atoms with Crippen LogP contribution in [0, 0.1) is 5.82 Å². The smallest absolute Gasteiger partial charge is 0.269 e. The average Bonchev–Trinajstić information content (AvgIpc) is 3.22. The molecule has 9 heteroatoms. The van der Waals surface area contributed by atoms with Crippen molar-refractivity contribution < 1.29 is 9.18 Å². The molecule has 0 aliphatic heterocycles. The number of hydrogen-bond donors (Lipinski definition) is 2. The molecular weight excluding hydrogens is 433 g/mol. The summed E-state index contributed by atoms with van der Waals surface area (Å²) >= 11 is 0. The predicted octanol–water partition coefficient (Wildman–Crippen LogP) is 3.67. The summed E-state index contributed by atoms with van der Waals surface area (Å²) in [5.41, 5.74) is 4.06. The quantitative estimate of drug-likeness (QED) is 0.405. The highest BCUT2D eigenvalue weighted by atomic mass is 19.1. The van der Waals surface area contributed by atoms with E-state index in [9.17, 15) is 4.79 Å². The molecule has 5 aromatic rings. The largest absolute Gasteiger partial charge is 0.349 e. The number of carbonyl (C=O) groups is 1. The van der Waals surface area contributed by atoms with Gasteiger partial charge in [-0.3, -0.25) is 19.7 Å². The number of nitrogens with one attached hydrogen (secondary N) is 2. The molecule has 0 aliphatic carbocycles. The zero-order valence-corrected chi connectivity index (χ0v) is 18.7. The van der Waals surface area contributed by atoms with Gasteiger partial charge in [0.2, 0.25) is 0 Å². The van der Waals surface area contributed by atoms with E-state index in [0.29, 0.717) is 28.7 Å². The van der Waals surface area contributed by atoms with Crippen molar-refractivity contribution in [3.8, 4) is 22.4 Å². The molecule has 1 amide bonds. The molecule has 0 aromatic carbocycles. The van der Waals surface area contributed by atoms with Gasteiger partial charge in [-0.2, -0.15) is 0 Å². The van der Waals surface area contributed by atoms with Crippen LogP contribution in [-0.2, 0) is 0 Å². The summed E-state index contributed by atoms with van der Waals surface area (Å²) < 4.78 is 15.1. The predicted molar refractivity (Wildman–Crippen MR) is 129 cm³/mol. The molecule has 0 bridgehead atoms. The Kier molecular flexibility index (Phi) is 5.69. The topological polar surface area (TPSA) is 99.7 Å². The molecule has 0 spiro atoms. The number of likely N-dealkylation sites (N-methyl/N-ethyl adjacent to an activating group) is 1. The van der Waals surface area contributed by atoms with E-state index in [0.717, 1.165) is 28.7 Å². The van der Waals surface area contributed by atoms with E-state index < -0.39 is 5.82 Å². The van der Waals surface area contributed by atoms with E-state index in [-0.39, 0.29) is 11.6 Å². The fourth-order valence-electron chi connectivity index (χ4n) is 3.85. The molecule has 0 radical (unpaired) electrons. The lowest BCUT2D eigenvalue weighted by Crippen LogP contribution is -2.31. The number of halogens is 1. The summed E-state index contributed by atoms with van der Waals surface area (Å²) in [6.07, 6.45) is 7.84. The number of pyridine rings is 4. The fourth-order valence-corrected chi connectivity index (χ4v) is 3.85. The number of carbonyl (C=O) groups excluding carboxylic acids is 1. The second-order valence-electron chi connectivity index (χ2n) is 8.18. The number of H-pyrrole nitrogens is 1. The van der Waals surface area contributed by atoms with E-state index in [1.807, 2.05) is 37.2 Å². The molecule has 0 unspecified atom stereocenters. The van der Waals surface area contributed by atoms with Gasteiger partial charge in [-0.1, -0.05) is 6.07 Å². The Morgan fingerprint density at radius 3 is 2.68 bits per heavy atom. The Hall–Kier alpha value is -4.24. The number of hydrogen-bond acceptors (Lipinski definition) is 6. The van der Waals surface area contributed by atoms with Crippen LogP contribution in [0.3, 0.4) is 0 Å². The lowest BCUT2D eigenvalue weighted by Gasteiger charge is -2.10. The lowest BCUT2D eigenvalue weighted by molar-refractivity contribution is 0.0946. The maximum absolute atomic E-state index is 15.1. The van der Waals surface area contributed by atoms with Crippen molar-refractivity contribution in [1.29, 1.82) is 0 Å². The Bertz CT molecular complexity index is 1480. The Labute approximate surface area is 194 Å². The zero-order chi connectivity index (χ0) is 23.7. The summed E-state index contributed by atoms with van der Waals surface area (Å²) in [6.45, 7) is 1.23. The molecule has 5 aromatic heterocycles. The van der Waals surface area contributed by atoms with Crippen molar-refractivity contribution in [2.75, 3.05) is 27.2 Å². The van der Waals surface area contributed by atoms with Gasteiger partial charge in [-0.25, -0.2) is 9.37 Å². The Morgan fingerprint density at radius 1 is 1.06 bits per heavy atom. The molecule has 0 aliphatic rings. The van der Waals surface area contributed by atoms with Gasteiger partial charge in [0.05, 0.1) is 23.6 Å². The molecule has 0 saturated carbocycles. The van der Waals surface area contributed by atoms with Crippen molar-refractivity contribution in [3.05, 3.63) is 72.8 Å². The summed E-state index contributed by atoms with van der Waals surface area (Å²) in [7, 11) is 3.87. The monoisotopic (exact) mass is 455 g/mol. The van der Waals surface area contributed by atoms with Crippen LogP contribution in [-0.4, -0.2) is 62.9 Å². The average molecular weight is 455 g/mol. The van der Waals surface area contributed by atoms with E-state index in [4.69, 9.17) is 0 Å². The number of amides is 1. The summed E-state index contributed by atoms with van der Waals surface area (Å²) in [6, 6.07) is 8.96. The van der Waals surface area contributed by atoms with Crippen LogP contribution in [0.25, 0.3) is 44.3 Å². The first-order valence-electron chi connectivity index (χ1n) is 10.8. The SMILES string of the molecule is CN(C)CCNC(=O)c1ccc(-c2c(F)cnc3[nH]c4cnc(-c5cccnc5)cc4c23)cn1. The Balaban J connectivity index is 1.56. The minimum atomic E-state index is -0.474. The zero-order valence-electron chi connectivity index (χ0n) is 18.7. The van der Waals surface area contributed by atoms with Gasteiger partial charge in [-0.05, 0) is 38.4 Å². The third-order valence-electron chi connectivity index (χ3n) is 5.55. The van der Waals surface area contributed by atoms with Gasteiger partial charge in [0.25, 0.3) is 5.91 Å². The highest BCUT2D eigenvalue weighted by Crippen LogP contribution is 2.36. The van der Waals surface area contributed by atoms with Crippen LogP contribution in [0.5, 0.6) is 0 Å². The standard InChI is InChI=1S/C25H22FN7O/c1-33(2)9-8-28-25(34)19-6-5-16(12-29-19)22-18(26)13-31-24-23(22)17-10-20(30-14-21(17)32-24)15-4-3-7-27-11-15/h3-7,10-14H,8-9H2,1-2H3,(H,28,34)(H,31,32). The molecule has 0 saturated heterocycles. The maximum atomic E-state index is 15.1. The summed E-state index contributed by atoms with van der Waals surface area (Å²) in [5, 5.41) is 4.25. The molecule has 170 valence electrons. The van der Waals surface area contributed by atoms with Gasteiger partial charge in [0.1, 0.15) is 17.2 Å². The Morgan fingerprint density at radius 2 is 1.94 bits per heavy atom. The first-order chi connectivity index (χ1) is 16.5. The minimum Gasteiger partial charge on any atom is -0.349 e. The van der Waals surface area contributed by atoms with Crippen LogP contribution < -0.4 is 5.32 Å². The van der Waals surface area contributed by atoms with Gasteiger partial charge < -0.3 is 15.2 Å². The van der Waals surface area contributed by atoms with Crippen molar-refractivity contribution in [3.63, 3.8) is 0 Å². The van der Waals surface area contributed by atoms with Gasteiger partial charge in [-0.15, -0.1) is 0 Å². The normalized spacial score (nSPS) is 11.4. The van der Waals surface area contributed by atoms with E-state index in [1.54, 1.807) is 30.7 Å². The molecular formula is C25H22FN7O. The van der Waals surface area contributed by atoms with E-state index in [1.165, 1.54) is 12.4 Å². The number of nitrogens with zero attached hydrogens (tertiary/aromatic N) is 5. The second-order valence-corrected chi connectivity index (χ2v) is 8.18. The van der Waals surface area contributed by atoms with Crippen LogP contribution in [0.4, 0.5) is 4.39 Å². The van der Waals surface area contributed by atoms with Crippen LogP contribution in [0.1, 0.15) is 10.5 Å². The second kappa shape index (κ2) is 8.95. The van der Waals surface area contributed by atoms with Crippen LogP contribution in [0.2, 0.25) is 0 Å². The number of aromatic nitrogens is 5. The molecule has 0 atom stereocenters. The van der Waals surface area contributed by atoms with Crippen molar-refractivity contribution >= 4 is 27.8 Å². The maximum Gasteiger partial charge on any atom is 0.269 e. The minimum absolute atomic E-state index is 0.270. The van der Waals surface area contributed by atoms with Crippen LogP contribution in [0.15, 0.2) is 61.3 Å². The molecule has 5 heterocycles. The first-order valence-corrected chi connectivity index (χ1v) is 10.8. The highest BCUT2D eigenvalue weighted by Gasteiger charge is 2.18. The van der Waals surface area contributed by atoms with Crippen molar-refractivity contribution in [1.82, 2.24) is 35.1 Å². The number of fused-ring (bicyclic) bond motifs is 3. The van der Waals surface area contributed by atoms with Crippen LogP contribution >= 0.6 is 0 Å². The molecule has 2 N–H and O–H groups in total. The van der Waals surface area contributed by atoms with Gasteiger partial charge >= 0.3 is 0 Å². The van der Waals surface area contributed by atoms with Crippen molar-refractivity contribution in [2.45, 2.75) is 0 Å². The number of aromatic amines is 1. The first kappa shape index (κ1) is 21.6. The third-order valence-corrected chi connectivity index (χ3v) is 5.55. The van der Waals surface area contributed by atoms with E-state index in [2.05, 4.69) is 30.2 Å². The summed E-state index contributed by atoms with van der Waals surface area (Å²) in [4.78, 5) is 34.7. The van der Waals surface area contributed by atoms with Crippen molar-refractivity contribution in [2.24, 2.45) is 0 Å². The van der Waals surface area contributed by atoms with E-state index >= 15 is 4.39 Å². The van der Waals surface area contributed by atoms with Gasteiger partial charge in [0, 0.05) is 59.1 Å². The third kappa shape index (κ3) is 4.08. The fraction of sp³-hybridized carbons (Fsp3) is 0.160. The molecule has 34 heavy (non-hydrogen) atoms. The molecule has 5 rings (SSSR count). The lowest BCUT2D eigenvalue weighted by atomic mass is 10.0. The highest BCUT2D eigenvalue weighted by molar-refractivity contribution is 6.13.